The van der Waals surface area contributed by atoms with Crippen LogP contribution in [-0.2, 0) is 0 Å². The number of aryl methyl sites for hydroxylation is 1. The van der Waals surface area contributed by atoms with Crippen LogP contribution in [-0.4, -0.2) is 33.5 Å². The third kappa shape index (κ3) is 3.23. The second kappa shape index (κ2) is 6.57. The molecule has 0 bridgehead atoms. The lowest BCUT2D eigenvalue weighted by Crippen LogP contribution is -2.26. The molecule has 2 aromatic heterocycles. The van der Waals surface area contributed by atoms with E-state index >= 15 is 0 Å². The van der Waals surface area contributed by atoms with Crippen LogP contribution in [0.2, 0.25) is 0 Å². The summed E-state index contributed by atoms with van der Waals surface area (Å²) in [6.07, 6.45) is 2.92. The van der Waals surface area contributed by atoms with Crippen molar-refractivity contribution in [3.8, 4) is 11.4 Å². The second-order valence-electron chi connectivity index (χ2n) is 6.06. The Morgan fingerprint density at radius 1 is 1.21 bits per heavy atom. The summed E-state index contributed by atoms with van der Waals surface area (Å²) in [6.45, 7) is 4.04. The molecule has 24 heavy (non-hydrogen) atoms. The van der Waals surface area contributed by atoms with Crippen molar-refractivity contribution in [1.29, 1.82) is 0 Å². The maximum Gasteiger partial charge on any atom is 0.203 e. The summed E-state index contributed by atoms with van der Waals surface area (Å²) < 4.78 is 4.49. The molecule has 6 heteroatoms. The smallest absolute Gasteiger partial charge is 0.203 e. The van der Waals surface area contributed by atoms with E-state index in [9.17, 15) is 0 Å². The van der Waals surface area contributed by atoms with Crippen molar-refractivity contribution in [2.24, 2.45) is 0 Å². The number of anilines is 2. The quantitative estimate of drug-likeness (QED) is 0.788. The van der Waals surface area contributed by atoms with E-state index in [0.29, 0.717) is 6.04 Å². The summed E-state index contributed by atoms with van der Waals surface area (Å²) in [4.78, 5) is 11.4. The predicted octanol–water partition coefficient (Wildman–Crippen LogP) is 3.60. The van der Waals surface area contributed by atoms with Crippen LogP contribution in [0.3, 0.4) is 0 Å². The van der Waals surface area contributed by atoms with Gasteiger partial charge in [0, 0.05) is 42.4 Å². The van der Waals surface area contributed by atoms with Crippen molar-refractivity contribution >= 4 is 22.5 Å². The molecule has 0 radical (unpaired) electrons. The van der Waals surface area contributed by atoms with Gasteiger partial charge in [0.25, 0.3) is 0 Å². The summed E-state index contributed by atoms with van der Waals surface area (Å²) in [6, 6.07) is 14.7. The zero-order valence-corrected chi connectivity index (χ0v) is 14.3. The van der Waals surface area contributed by atoms with Gasteiger partial charge in [-0.15, -0.1) is 0 Å². The van der Waals surface area contributed by atoms with Gasteiger partial charge in [0.1, 0.15) is 5.82 Å². The Labute approximate surface area is 145 Å². The van der Waals surface area contributed by atoms with Crippen LogP contribution in [0.5, 0.6) is 0 Å². The number of pyridine rings is 1. The van der Waals surface area contributed by atoms with Gasteiger partial charge in [0.15, 0.2) is 5.82 Å². The molecule has 0 aliphatic carbocycles. The minimum Gasteiger partial charge on any atom is -0.356 e. The van der Waals surface area contributed by atoms with Crippen molar-refractivity contribution in [3.63, 3.8) is 0 Å². The molecule has 1 fully saturated rings. The molecule has 1 aliphatic heterocycles. The highest BCUT2D eigenvalue weighted by molar-refractivity contribution is 7.09. The highest BCUT2D eigenvalue weighted by atomic mass is 32.1. The Morgan fingerprint density at radius 3 is 3.00 bits per heavy atom. The Morgan fingerprint density at radius 2 is 2.17 bits per heavy atom. The van der Waals surface area contributed by atoms with Crippen LogP contribution < -0.4 is 10.2 Å². The third-order valence-corrected chi connectivity index (χ3v) is 4.84. The predicted molar refractivity (Wildman–Crippen MR) is 98.6 cm³/mol. The summed E-state index contributed by atoms with van der Waals surface area (Å²) in [5, 5.41) is 4.41. The van der Waals surface area contributed by atoms with Gasteiger partial charge < -0.3 is 10.2 Å². The van der Waals surface area contributed by atoms with Crippen molar-refractivity contribution in [2.75, 3.05) is 23.3 Å². The van der Waals surface area contributed by atoms with Crippen LogP contribution in [0.4, 0.5) is 10.9 Å². The second-order valence-corrected chi connectivity index (χ2v) is 6.81. The number of nitrogens with zero attached hydrogens (tertiary/aromatic N) is 4. The van der Waals surface area contributed by atoms with Crippen molar-refractivity contribution < 1.29 is 0 Å². The maximum atomic E-state index is 4.65. The summed E-state index contributed by atoms with van der Waals surface area (Å²) in [7, 11) is 0. The molecule has 0 spiro atoms. The number of aromatic nitrogens is 3. The molecule has 3 heterocycles. The Kier molecular flexibility index (Phi) is 4.13. The molecule has 0 saturated carbocycles. The Hall–Kier alpha value is -2.47. The number of benzene rings is 1. The first kappa shape index (κ1) is 15.1. The molecule has 3 aromatic rings. The molecule has 5 nitrogen and oxygen atoms in total. The van der Waals surface area contributed by atoms with Crippen molar-refractivity contribution in [3.05, 3.63) is 54.2 Å². The topological polar surface area (TPSA) is 53.9 Å². The lowest BCUT2D eigenvalue weighted by molar-refractivity contribution is 0.804. The van der Waals surface area contributed by atoms with E-state index in [1.807, 2.05) is 24.4 Å². The molecule has 1 saturated heterocycles. The third-order valence-electron chi connectivity index (χ3n) is 4.19. The van der Waals surface area contributed by atoms with Crippen molar-refractivity contribution in [2.45, 2.75) is 19.4 Å². The molecule has 122 valence electrons. The van der Waals surface area contributed by atoms with E-state index in [1.165, 1.54) is 17.1 Å². The first-order chi connectivity index (χ1) is 11.8. The van der Waals surface area contributed by atoms with Gasteiger partial charge >= 0.3 is 0 Å². The molecular weight excluding hydrogens is 318 g/mol. The number of nitrogens with one attached hydrogen (secondary N) is 1. The first-order valence-corrected chi connectivity index (χ1v) is 8.88. The van der Waals surface area contributed by atoms with Crippen LogP contribution in [0.1, 0.15) is 12.0 Å². The van der Waals surface area contributed by atoms with Crippen molar-refractivity contribution in [1.82, 2.24) is 14.3 Å². The van der Waals surface area contributed by atoms with Gasteiger partial charge in [0.2, 0.25) is 5.13 Å². The fourth-order valence-corrected chi connectivity index (χ4v) is 3.65. The first-order valence-electron chi connectivity index (χ1n) is 8.11. The fraction of sp³-hybridized carbons (Fsp3) is 0.278. The minimum atomic E-state index is 0.380. The highest BCUT2D eigenvalue weighted by Crippen LogP contribution is 2.25. The standard InChI is InChI=1S/C18H19N5S/c1-13-5-4-6-14(11-13)17-21-18(24-22-17)20-15-8-10-23(12-15)16-7-2-3-9-19-16/h2-7,9,11,15H,8,10,12H2,1H3,(H,20,21,22)/t15-/m1/s1. The van der Waals surface area contributed by atoms with Crippen LogP contribution in [0, 0.1) is 6.92 Å². The minimum absolute atomic E-state index is 0.380. The molecule has 1 atom stereocenters. The zero-order valence-electron chi connectivity index (χ0n) is 13.5. The lowest BCUT2D eigenvalue weighted by Gasteiger charge is -2.17. The van der Waals surface area contributed by atoms with Crippen LogP contribution in [0.15, 0.2) is 48.7 Å². The highest BCUT2D eigenvalue weighted by Gasteiger charge is 2.24. The van der Waals surface area contributed by atoms with Gasteiger partial charge in [-0.05, 0) is 31.5 Å². The molecule has 1 aliphatic rings. The van der Waals surface area contributed by atoms with E-state index in [1.54, 1.807) is 0 Å². The maximum absolute atomic E-state index is 4.65. The fourth-order valence-electron chi connectivity index (χ4n) is 2.99. The average molecular weight is 337 g/mol. The molecular formula is C18H19N5S. The largest absolute Gasteiger partial charge is 0.356 e. The summed E-state index contributed by atoms with van der Waals surface area (Å²) in [5.74, 6) is 1.84. The lowest BCUT2D eigenvalue weighted by atomic mass is 10.1. The average Bonchev–Trinajstić information content (AvgIpc) is 3.26. The molecule has 4 rings (SSSR count). The molecule has 0 amide bonds. The number of rotatable bonds is 4. The normalized spacial score (nSPS) is 17.2. The summed E-state index contributed by atoms with van der Waals surface area (Å²) >= 11 is 1.43. The Balaban J connectivity index is 1.42. The summed E-state index contributed by atoms with van der Waals surface area (Å²) in [5.41, 5.74) is 2.29. The SMILES string of the molecule is Cc1cccc(-c2nsc(N[C@@H]3CCN(c4ccccn4)C3)n2)c1. The van der Waals surface area contributed by atoms with Gasteiger partial charge in [0.05, 0.1) is 0 Å². The van der Waals surface area contributed by atoms with E-state index in [2.05, 4.69) is 55.7 Å². The van der Waals surface area contributed by atoms with E-state index in [-0.39, 0.29) is 0 Å². The van der Waals surface area contributed by atoms with Crippen LogP contribution in [0.25, 0.3) is 11.4 Å². The van der Waals surface area contributed by atoms with Gasteiger partial charge in [-0.25, -0.2) is 4.98 Å². The van der Waals surface area contributed by atoms with E-state index in [0.717, 1.165) is 41.8 Å². The van der Waals surface area contributed by atoms with E-state index < -0.39 is 0 Å². The number of hydrogen-bond donors (Lipinski definition) is 1. The van der Waals surface area contributed by atoms with E-state index in [4.69, 9.17) is 0 Å². The number of hydrogen-bond acceptors (Lipinski definition) is 6. The zero-order chi connectivity index (χ0) is 16.4. The molecule has 1 aromatic carbocycles. The van der Waals surface area contributed by atoms with Crippen LogP contribution >= 0.6 is 11.5 Å². The van der Waals surface area contributed by atoms with Gasteiger partial charge in [-0.3, -0.25) is 0 Å². The molecule has 0 unspecified atom stereocenters. The Bertz CT molecular complexity index is 817. The molecule has 1 N–H and O–H groups in total. The van der Waals surface area contributed by atoms with Gasteiger partial charge in [-0.2, -0.15) is 9.36 Å². The van der Waals surface area contributed by atoms with Gasteiger partial charge in [-0.1, -0.05) is 29.8 Å². The monoisotopic (exact) mass is 337 g/mol.